The maximum absolute atomic E-state index is 12.9. The fraction of sp³-hybridized carbons (Fsp3) is 0.167. The summed E-state index contributed by atoms with van der Waals surface area (Å²) in [5.74, 6) is 1.81. The lowest BCUT2D eigenvalue weighted by atomic mass is 10.1. The fourth-order valence-electron chi connectivity index (χ4n) is 3.34. The number of rotatable bonds is 7. The van der Waals surface area contributed by atoms with Crippen LogP contribution < -0.4 is 9.47 Å². The maximum Gasteiger partial charge on any atom is 0.270 e. The molecule has 1 amide bonds. The molecule has 2 aromatic carbocycles. The number of carbonyl (C=O) groups excluding carboxylic acids is 1. The first-order valence-electron chi connectivity index (χ1n) is 10.3. The number of non-ortho nitro benzene ring substituents is 1. The molecule has 1 aromatic heterocycles. The van der Waals surface area contributed by atoms with Crippen LogP contribution in [-0.2, 0) is 4.79 Å². The number of nitrogens with zero attached hydrogens (tertiary/aromatic N) is 3. The topological polar surface area (TPSA) is 107 Å². The zero-order valence-electron chi connectivity index (χ0n) is 18.7. The van der Waals surface area contributed by atoms with E-state index in [-0.39, 0.29) is 11.6 Å². The van der Waals surface area contributed by atoms with E-state index in [1.807, 2.05) is 19.1 Å². The highest BCUT2D eigenvalue weighted by Crippen LogP contribution is 2.37. The summed E-state index contributed by atoms with van der Waals surface area (Å²) in [6.45, 7) is 2.34. The van der Waals surface area contributed by atoms with Crippen molar-refractivity contribution in [2.24, 2.45) is 4.99 Å². The number of hydrogen-bond donors (Lipinski definition) is 0. The maximum atomic E-state index is 12.9. The Labute approximate surface area is 199 Å². The number of hydrogen-bond acceptors (Lipinski definition) is 8. The summed E-state index contributed by atoms with van der Waals surface area (Å²) in [6.07, 6.45) is 1.64. The number of aliphatic imine (C=N–C) groups is 1. The van der Waals surface area contributed by atoms with Crippen molar-refractivity contribution in [3.8, 4) is 22.8 Å². The average Bonchev–Trinajstić information content (AvgIpc) is 3.43. The molecular formula is C24H21N3O6S. The van der Waals surface area contributed by atoms with Gasteiger partial charge in [-0.05, 0) is 61.2 Å². The third kappa shape index (κ3) is 4.67. The van der Waals surface area contributed by atoms with Gasteiger partial charge in [-0.2, -0.15) is 0 Å². The number of benzene rings is 2. The fourth-order valence-corrected chi connectivity index (χ4v) is 4.39. The van der Waals surface area contributed by atoms with Crippen LogP contribution in [0.1, 0.15) is 12.7 Å². The second kappa shape index (κ2) is 9.84. The van der Waals surface area contributed by atoms with Crippen molar-refractivity contribution in [1.29, 1.82) is 0 Å². The standard InChI is InChI=1S/C24H21N3O6S/c1-4-26-23(28)22(34-24(26)25-15-5-8-17(31-2)9-6-15)14-18-10-12-21(33-18)19-13-16(27(29)30)7-11-20(19)32-3/h5-14H,4H2,1-3H3/b22-14+,25-24?. The molecule has 0 saturated carbocycles. The Balaban J connectivity index is 1.63. The number of thioether (sulfide) groups is 1. The van der Waals surface area contributed by atoms with E-state index in [1.165, 1.54) is 37.1 Å². The highest BCUT2D eigenvalue weighted by Gasteiger charge is 2.32. The monoisotopic (exact) mass is 479 g/mol. The molecule has 0 atom stereocenters. The van der Waals surface area contributed by atoms with E-state index in [0.717, 1.165) is 5.75 Å². The lowest BCUT2D eigenvalue weighted by Gasteiger charge is -2.12. The van der Waals surface area contributed by atoms with Gasteiger partial charge < -0.3 is 13.9 Å². The van der Waals surface area contributed by atoms with Crippen molar-refractivity contribution >= 4 is 40.3 Å². The van der Waals surface area contributed by atoms with Crippen LogP contribution in [0.3, 0.4) is 0 Å². The summed E-state index contributed by atoms with van der Waals surface area (Å²) in [5, 5.41) is 11.7. The largest absolute Gasteiger partial charge is 0.497 e. The molecule has 2 heterocycles. The van der Waals surface area contributed by atoms with Crippen molar-refractivity contribution in [3.05, 3.63) is 75.4 Å². The van der Waals surface area contributed by atoms with E-state index in [2.05, 4.69) is 4.99 Å². The molecule has 10 heteroatoms. The summed E-state index contributed by atoms with van der Waals surface area (Å²) in [4.78, 5) is 30.3. The van der Waals surface area contributed by atoms with E-state index < -0.39 is 4.92 Å². The molecular weight excluding hydrogens is 458 g/mol. The molecule has 34 heavy (non-hydrogen) atoms. The quantitative estimate of drug-likeness (QED) is 0.250. The first-order valence-corrected chi connectivity index (χ1v) is 11.1. The van der Waals surface area contributed by atoms with Crippen molar-refractivity contribution in [3.63, 3.8) is 0 Å². The van der Waals surface area contributed by atoms with Gasteiger partial charge in [-0.3, -0.25) is 19.8 Å². The minimum Gasteiger partial charge on any atom is -0.497 e. The Morgan fingerprint density at radius 3 is 2.53 bits per heavy atom. The predicted octanol–water partition coefficient (Wildman–Crippen LogP) is 5.50. The van der Waals surface area contributed by atoms with E-state index in [0.29, 0.717) is 45.1 Å². The Hall–Kier alpha value is -4.05. The molecule has 0 spiro atoms. The van der Waals surface area contributed by atoms with Gasteiger partial charge >= 0.3 is 0 Å². The molecule has 1 aliphatic rings. The van der Waals surface area contributed by atoms with Gasteiger partial charge in [0, 0.05) is 24.8 Å². The molecule has 0 bridgehead atoms. The Morgan fingerprint density at radius 1 is 1.12 bits per heavy atom. The average molecular weight is 480 g/mol. The van der Waals surface area contributed by atoms with Crippen LogP contribution in [0.25, 0.3) is 17.4 Å². The Kier molecular flexibility index (Phi) is 6.69. The molecule has 0 radical (unpaired) electrons. The van der Waals surface area contributed by atoms with Gasteiger partial charge in [0.25, 0.3) is 11.6 Å². The van der Waals surface area contributed by atoms with Crippen molar-refractivity contribution in [2.75, 3.05) is 20.8 Å². The summed E-state index contributed by atoms with van der Waals surface area (Å²) < 4.78 is 16.4. The van der Waals surface area contributed by atoms with E-state index in [4.69, 9.17) is 13.9 Å². The lowest BCUT2D eigenvalue weighted by molar-refractivity contribution is -0.384. The Bertz CT molecular complexity index is 1300. The summed E-state index contributed by atoms with van der Waals surface area (Å²) >= 11 is 1.25. The molecule has 4 rings (SSSR count). The molecule has 1 aliphatic heterocycles. The predicted molar refractivity (Wildman–Crippen MR) is 130 cm³/mol. The summed E-state index contributed by atoms with van der Waals surface area (Å²) in [7, 11) is 3.07. The third-order valence-corrected chi connectivity index (χ3v) is 6.07. The minimum atomic E-state index is -0.481. The smallest absolute Gasteiger partial charge is 0.270 e. The molecule has 0 unspecified atom stereocenters. The number of carbonyl (C=O) groups is 1. The number of likely N-dealkylation sites (N-methyl/N-ethyl adjacent to an activating group) is 1. The van der Waals surface area contributed by atoms with Gasteiger partial charge in [0.1, 0.15) is 23.0 Å². The van der Waals surface area contributed by atoms with Crippen molar-refractivity contribution in [2.45, 2.75) is 6.92 Å². The van der Waals surface area contributed by atoms with Gasteiger partial charge in [0.15, 0.2) is 5.17 Å². The number of nitro groups is 1. The lowest BCUT2D eigenvalue weighted by Crippen LogP contribution is -2.28. The molecule has 174 valence electrons. The van der Waals surface area contributed by atoms with Crippen LogP contribution in [0.15, 0.2) is 68.9 Å². The molecule has 0 aliphatic carbocycles. The first-order chi connectivity index (χ1) is 16.4. The number of nitro benzene ring substituents is 1. The van der Waals surface area contributed by atoms with Gasteiger partial charge in [-0.1, -0.05) is 0 Å². The number of furan rings is 1. The summed E-state index contributed by atoms with van der Waals surface area (Å²) in [5.41, 5.74) is 1.07. The third-order valence-electron chi connectivity index (χ3n) is 5.06. The van der Waals surface area contributed by atoms with Gasteiger partial charge in [-0.25, -0.2) is 4.99 Å². The number of ether oxygens (including phenoxy) is 2. The number of amidine groups is 1. The zero-order chi connectivity index (χ0) is 24.2. The van der Waals surface area contributed by atoms with Crippen molar-refractivity contribution in [1.82, 2.24) is 4.90 Å². The Morgan fingerprint density at radius 2 is 1.88 bits per heavy atom. The highest BCUT2D eigenvalue weighted by molar-refractivity contribution is 8.18. The van der Waals surface area contributed by atoms with Crippen LogP contribution in [-0.4, -0.2) is 41.7 Å². The number of amides is 1. The van der Waals surface area contributed by atoms with Gasteiger partial charge in [0.05, 0.1) is 35.3 Å². The van der Waals surface area contributed by atoms with Crippen LogP contribution in [0.2, 0.25) is 0 Å². The molecule has 9 nitrogen and oxygen atoms in total. The van der Waals surface area contributed by atoms with E-state index in [9.17, 15) is 14.9 Å². The zero-order valence-corrected chi connectivity index (χ0v) is 19.5. The van der Waals surface area contributed by atoms with Gasteiger partial charge in [0.2, 0.25) is 0 Å². The normalized spacial score (nSPS) is 15.9. The molecule has 3 aromatic rings. The summed E-state index contributed by atoms with van der Waals surface area (Å²) in [6, 6.07) is 14.9. The van der Waals surface area contributed by atoms with Crippen molar-refractivity contribution < 1.29 is 23.6 Å². The molecule has 1 saturated heterocycles. The highest BCUT2D eigenvalue weighted by atomic mass is 32.2. The SMILES string of the molecule is CCN1C(=O)/C(=C\c2ccc(-c3cc([N+](=O)[O-])ccc3OC)o2)SC1=Nc1ccc(OC)cc1. The molecule has 0 N–H and O–H groups in total. The van der Waals surface area contributed by atoms with Crippen LogP contribution in [0.5, 0.6) is 11.5 Å². The number of methoxy groups -OCH3 is 2. The molecule has 1 fully saturated rings. The van der Waals surface area contributed by atoms with Crippen LogP contribution in [0.4, 0.5) is 11.4 Å². The van der Waals surface area contributed by atoms with Gasteiger partial charge in [-0.15, -0.1) is 0 Å². The van der Waals surface area contributed by atoms with Crippen LogP contribution >= 0.6 is 11.8 Å². The van der Waals surface area contributed by atoms with Crippen LogP contribution in [0, 0.1) is 10.1 Å². The first kappa shape index (κ1) is 23.1. The second-order valence-corrected chi connectivity index (χ2v) is 8.11. The van der Waals surface area contributed by atoms with E-state index in [1.54, 1.807) is 42.4 Å². The van der Waals surface area contributed by atoms with E-state index >= 15 is 0 Å². The second-order valence-electron chi connectivity index (χ2n) is 7.10. The minimum absolute atomic E-state index is 0.0772.